The molecule has 26 heavy (non-hydrogen) atoms. The fourth-order valence-corrected chi connectivity index (χ4v) is 2.73. The lowest BCUT2D eigenvalue weighted by atomic mass is 9.95. The first kappa shape index (κ1) is 17.1. The molecule has 3 rings (SSSR count). The van der Waals surface area contributed by atoms with Crippen LogP contribution in [0.5, 0.6) is 5.75 Å². The average molecular weight is 349 g/mol. The summed E-state index contributed by atoms with van der Waals surface area (Å²) < 4.78 is 0. The smallest absolute Gasteiger partial charge is 0.270 e. The number of pyridine rings is 1. The van der Waals surface area contributed by atoms with Crippen LogP contribution >= 0.6 is 0 Å². The Kier molecular flexibility index (Phi) is 4.89. The number of nitro groups is 1. The van der Waals surface area contributed by atoms with Gasteiger partial charge in [-0.05, 0) is 41.3 Å². The number of nitro benzene ring substituents is 1. The number of benzene rings is 2. The zero-order valence-corrected chi connectivity index (χ0v) is 13.6. The van der Waals surface area contributed by atoms with Gasteiger partial charge in [0, 0.05) is 35.7 Å². The third-order valence-corrected chi connectivity index (χ3v) is 3.90. The van der Waals surface area contributed by atoms with Gasteiger partial charge in [-0.1, -0.05) is 23.4 Å². The zero-order chi connectivity index (χ0) is 18.5. The molecule has 0 fully saturated rings. The molecule has 7 heteroatoms. The van der Waals surface area contributed by atoms with Gasteiger partial charge in [0.15, 0.2) is 0 Å². The van der Waals surface area contributed by atoms with Crippen LogP contribution in [0.4, 0.5) is 5.69 Å². The fraction of sp³-hybridized carbons (Fsp3) is 0.0526. The number of aromatic hydroxyl groups is 1. The zero-order valence-electron chi connectivity index (χ0n) is 13.6. The third kappa shape index (κ3) is 3.67. The Morgan fingerprint density at radius 3 is 2.69 bits per heavy atom. The molecular weight excluding hydrogens is 334 g/mol. The number of phenolic OH excluding ortho intramolecular Hbond substituents is 1. The third-order valence-electron chi connectivity index (χ3n) is 3.90. The van der Waals surface area contributed by atoms with Crippen molar-refractivity contribution >= 4 is 11.9 Å². The van der Waals surface area contributed by atoms with Crippen LogP contribution in [0.25, 0.3) is 11.1 Å². The van der Waals surface area contributed by atoms with Crippen molar-refractivity contribution in [3.8, 4) is 16.9 Å². The maximum Gasteiger partial charge on any atom is 0.270 e. The molecule has 1 heterocycles. The van der Waals surface area contributed by atoms with Gasteiger partial charge in [-0.3, -0.25) is 15.1 Å². The van der Waals surface area contributed by atoms with Crippen molar-refractivity contribution in [1.82, 2.24) is 4.98 Å². The molecule has 1 aromatic heterocycles. The van der Waals surface area contributed by atoms with Crippen molar-refractivity contribution in [3.05, 3.63) is 87.7 Å². The Morgan fingerprint density at radius 1 is 1.15 bits per heavy atom. The van der Waals surface area contributed by atoms with Crippen LogP contribution in [-0.4, -0.2) is 26.4 Å². The van der Waals surface area contributed by atoms with Crippen molar-refractivity contribution in [1.29, 1.82) is 0 Å². The second-order valence-corrected chi connectivity index (χ2v) is 5.67. The molecule has 130 valence electrons. The lowest BCUT2D eigenvalue weighted by Gasteiger charge is -2.11. The number of nitrogens with zero attached hydrogens (tertiary/aromatic N) is 3. The van der Waals surface area contributed by atoms with Gasteiger partial charge in [-0.25, -0.2) is 0 Å². The molecule has 0 radical (unpaired) electrons. The summed E-state index contributed by atoms with van der Waals surface area (Å²) in [5.41, 5.74) is 2.97. The standard InChI is InChI=1S/C19H15N3O4/c23-19-16(12-21-24)8-14(7-13-3-2-6-20-11-13)9-18(19)15-4-1-5-17(10-15)22(25)26/h1-6,8-12,23-24H,7H2. The Labute approximate surface area is 149 Å². The summed E-state index contributed by atoms with van der Waals surface area (Å²) >= 11 is 0. The molecule has 0 saturated carbocycles. The molecule has 0 spiro atoms. The van der Waals surface area contributed by atoms with E-state index in [0.717, 1.165) is 17.3 Å². The SMILES string of the molecule is O=[N+]([O-])c1cccc(-c2cc(Cc3cccnc3)cc(C=NO)c2O)c1. The molecule has 0 aliphatic carbocycles. The van der Waals surface area contributed by atoms with E-state index in [1.807, 2.05) is 12.1 Å². The average Bonchev–Trinajstić information content (AvgIpc) is 2.65. The monoisotopic (exact) mass is 349 g/mol. The van der Waals surface area contributed by atoms with Gasteiger partial charge < -0.3 is 10.3 Å². The number of phenols is 1. The van der Waals surface area contributed by atoms with Gasteiger partial charge in [0.05, 0.1) is 11.1 Å². The van der Waals surface area contributed by atoms with Crippen molar-refractivity contribution in [2.24, 2.45) is 5.16 Å². The summed E-state index contributed by atoms with van der Waals surface area (Å²) in [6.07, 6.45) is 5.09. The summed E-state index contributed by atoms with van der Waals surface area (Å²) in [6.45, 7) is 0. The maximum absolute atomic E-state index is 11.0. The highest BCUT2D eigenvalue weighted by atomic mass is 16.6. The van der Waals surface area contributed by atoms with E-state index >= 15 is 0 Å². The predicted octanol–water partition coefficient (Wildman–Crippen LogP) is 3.76. The Morgan fingerprint density at radius 2 is 2.00 bits per heavy atom. The lowest BCUT2D eigenvalue weighted by molar-refractivity contribution is -0.384. The number of hydrogen-bond donors (Lipinski definition) is 2. The van der Waals surface area contributed by atoms with Crippen molar-refractivity contribution < 1.29 is 15.2 Å². The summed E-state index contributed by atoms with van der Waals surface area (Å²) in [6, 6.07) is 13.2. The van der Waals surface area contributed by atoms with Crippen LogP contribution in [-0.2, 0) is 6.42 Å². The van der Waals surface area contributed by atoms with Crippen molar-refractivity contribution in [2.45, 2.75) is 6.42 Å². The molecule has 0 bridgehead atoms. The van der Waals surface area contributed by atoms with E-state index in [9.17, 15) is 15.2 Å². The number of rotatable bonds is 5. The number of hydrogen-bond acceptors (Lipinski definition) is 6. The van der Waals surface area contributed by atoms with E-state index in [1.165, 1.54) is 12.1 Å². The minimum Gasteiger partial charge on any atom is -0.507 e. The van der Waals surface area contributed by atoms with Gasteiger partial charge in [-0.15, -0.1) is 0 Å². The molecule has 0 amide bonds. The van der Waals surface area contributed by atoms with Gasteiger partial charge in [0.2, 0.25) is 0 Å². The van der Waals surface area contributed by atoms with E-state index in [4.69, 9.17) is 5.21 Å². The molecule has 0 atom stereocenters. The summed E-state index contributed by atoms with van der Waals surface area (Å²) in [5.74, 6) is -0.113. The van der Waals surface area contributed by atoms with Gasteiger partial charge >= 0.3 is 0 Å². The highest BCUT2D eigenvalue weighted by molar-refractivity contribution is 5.89. The summed E-state index contributed by atoms with van der Waals surface area (Å²) in [4.78, 5) is 14.6. The minimum absolute atomic E-state index is 0.0723. The lowest BCUT2D eigenvalue weighted by Crippen LogP contribution is -1.95. The molecular formula is C19H15N3O4. The van der Waals surface area contributed by atoms with E-state index < -0.39 is 4.92 Å². The second kappa shape index (κ2) is 7.43. The Hall–Kier alpha value is -3.74. The Bertz CT molecular complexity index is 972. The summed E-state index contributed by atoms with van der Waals surface area (Å²) in [5, 5.41) is 33.4. The largest absolute Gasteiger partial charge is 0.507 e. The first-order chi connectivity index (χ1) is 12.6. The molecule has 2 aromatic carbocycles. The fourth-order valence-electron chi connectivity index (χ4n) is 2.73. The first-order valence-electron chi connectivity index (χ1n) is 7.75. The van der Waals surface area contributed by atoms with E-state index in [2.05, 4.69) is 10.1 Å². The molecule has 3 aromatic rings. The highest BCUT2D eigenvalue weighted by Crippen LogP contribution is 2.35. The number of aromatic nitrogens is 1. The normalized spacial score (nSPS) is 10.9. The van der Waals surface area contributed by atoms with Gasteiger partial charge in [-0.2, -0.15) is 0 Å². The molecule has 2 N–H and O–H groups in total. The summed E-state index contributed by atoms with van der Waals surface area (Å²) in [7, 11) is 0. The van der Waals surface area contributed by atoms with E-state index in [1.54, 1.807) is 36.7 Å². The second-order valence-electron chi connectivity index (χ2n) is 5.67. The van der Waals surface area contributed by atoms with Gasteiger partial charge in [0.25, 0.3) is 5.69 Å². The molecule has 0 aliphatic rings. The quantitative estimate of drug-likeness (QED) is 0.315. The molecule has 0 saturated heterocycles. The predicted molar refractivity (Wildman–Crippen MR) is 96.6 cm³/mol. The van der Waals surface area contributed by atoms with E-state index in [0.29, 0.717) is 23.1 Å². The van der Waals surface area contributed by atoms with Crippen LogP contribution in [0, 0.1) is 10.1 Å². The van der Waals surface area contributed by atoms with Crippen LogP contribution in [0.3, 0.4) is 0 Å². The van der Waals surface area contributed by atoms with Crippen LogP contribution in [0.1, 0.15) is 16.7 Å². The molecule has 7 nitrogen and oxygen atoms in total. The Balaban J connectivity index is 2.11. The van der Waals surface area contributed by atoms with Crippen molar-refractivity contribution in [2.75, 3.05) is 0 Å². The molecule has 0 unspecified atom stereocenters. The van der Waals surface area contributed by atoms with Crippen LogP contribution in [0.2, 0.25) is 0 Å². The first-order valence-corrected chi connectivity index (χ1v) is 7.75. The van der Waals surface area contributed by atoms with Gasteiger partial charge in [0.1, 0.15) is 5.75 Å². The molecule has 0 aliphatic heterocycles. The maximum atomic E-state index is 11.0. The van der Waals surface area contributed by atoms with Crippen molar-refractivity contribution in [3.63, 3.8) is 0 Å². The number of non-ortho nitro benzene ring substituents is 1. The highest BCUT2D eigenvalue weighted by Gasteiger charge is 2.14. The van der Waals surface area contributed by atoms with Crippen LogP contribution in [0.15, 0.2) is 66.1 Å². The van der Waals surface area contributed by atoms with E-state index in [-0.39, 0.29) is 11.4 Å². The minimum atomic E-state index is -0.490. The number of oxime groups is 1. The van der Waals surface area contributed by atoms with Crippen LogP contribution < -0.4 is 0 Å². The topological polar surface area (TPSA) is 109 Å².